The molecule has 0 radical (unpaired) electrons. The standard InChI is InChI=1S/C16H20F3N3O.HI/c1-2-20-16(22-11-6-3-4-7-11)21-10-12-13(17)8-5-9-14(12)23-15(18)19;/h3-5,8-9,11,15H,2,6-7,10H2,1H3,(H2,20,21,22);1H. The second kappa shape index (κ2) is 10.4. The van der Waals surface area contributed by atoms with Crippen LogP contribution < -0.4 is 15.4 Å². The van der Waals surface area contributed by atoms with Gasteiger partial charge in [-0.15, -0.1) is 24.0 Å². The number of guanidine groups is 1. The van der Waals surface area contributed by atoms with Gasteiger partial charge in [-0.05, 0) is 31.9 Å². The fourth-order valence-electron chi connectivity index (χ4n) is 2.31. The molecule has 0 spiro atoms. The molecule has 0 aliphatic heterocycles. The highest BCUT2D eigenvalue weighted by Gasteiger charge is 2.15. The number of benzene rings is 1. The summed E-state index contributed by atoms with van der Waals surface area (Å²) in [6.45, 7) is -0.540. The number of hydrogen-bond acceptors (Lipinski definition) is 2. The van der Waals surface area contributed by atoms with E-state index in [9.17, 15) is 13.2 Å². The maximum Gasteiger partial charge on any atom is 0.387 e. The zero-order valence-electron chi connectivity index (χ0n) is 13.3. The van der Waals surface area contributed by atoms with Crippen molar-refractivity contribution in [2.24, 2.45) is 4.99 Å². The largest absolute Gasteiger partial charge is 0.434 e. The van der Waals surface area contributed by atoms with Gasteiger partial charge in [0.1, 0.15) is 11.6 Å². The lowest BCUT2D eigenvalue weighted by molar-refractivity contribution is -0.0506. The van der Waals surface area contributed by atoms with E-state index in [1.54, 1.807) is 0 Å². The van der Waals surface area contributed by atoms with Crippen LogP contribution in [0.25, 0.3) is 0 Å². The molecule has 0 fully saturated rings. The Hall–Kier alpha value is -1.45. The van der Waals surface area contributed by atoms with Crippen molar-refractivity contribution >= 4 is 29.9 Å². The summed E-state index contributed by atoms with van der Waals surface area (Å²) in [6, 6.07) is 4.07. The predicted octanol–water partition coefficient (Wildman–Crippen LogP) is 3.82. The average Bonchev–Trinajstić information content (AvgIpc) is 2.99. The Kier molecular flexibility index (Phi) is 8.94. The number of ether oxygens (including phenoxy) is 1. The van der Waals surface area contributed by atoms with E-state index in [1.165, 1.54) is 18.2 Å². The lowest BCUT2D eigenvalue weighted by atomic mass is 10.2. The van der Waals surface area contributed by atoms with E-state index in [0.29, 0.717) is 12.5 Å². The normalized spacial score (nSPS) is 14.6. The van der Waals surface area contributed by atoms with Gasteiger partial charge in [-0.1, -0.05) is 18.2 Å². The summed E-state index contributed by atoms with van der Waals surface area (Å²) in [6.07, 6.45) is 5.94. The number of nitrogens with zero attached hydrogens (tertiary/aromatic N) is 1. The van der Waals surface area contributed by atoms with E-state index in [2.05, 4.69) is 32.5 Å². The van der Waals surface area contributed by atoms with Gasteiger partial charge in [0.15, 0.2) is 5.96 Å². The van der Waals surface area contributed by atoms with Crippen molar-refractivity contribution in [1.29, 1.82) is 0 Å². The van der Waals surface area contributed by atoms with Crippen molar-refractivity contribution in [3.8, 4) is 5.75 Å². The minimum Gasteiger partial charge on any atom is -0.434 e. The van der Waals surface area contributed by atoms with Crippen LogP contribution in [0.3, 0.4) is 0 Å². The maximum absolute atomic E-state index is 13.9. The lowest BCUT2D eigenvalue weighted by Gasteiger charge is -2.17. The van der Waals surface area contributed by atoms with Gasteiger partial charge in [0.05, 0.1) is 12.1 Å². The minimum atomic E-state index is -3.00. The first kappa shape index (κ1) is 20.6. The summed E-state index contributed by atoms with van der Waals surface area (Å²) < 4.78 is 43.1. The molecular formula is C16H21F3IN3O. The zero-order chi connectivity index (χ0) is 16.7. The zero-order valence-corrected chi connectivity index (χ0v) is 15.6. The van der Waals surface area contributed by atoms with Crippen LogP contribution in [-0.2, 0) is 6.54 Å². The van der Waals surface area contributed by atoms with E-state index in [1.807, 2.05) is 6.92 Å². The molecule has 0 atom stereocenters. The molecule has 0 unspecified atom stereocenters. The fourth-order valence-corrected chi connectivity index (χ4v) is 2.31. The molecule has 0 heterocycles. The molecule has 2 N–H and O–H groups in total. The quantitative estimate of drug-likeness (QED) is 0.297. The molecule has 1 aromatic carbocycles. The van der Waals surface area contributed by atoms with Crippen molar-refractivity contribution in [3.63, 3.8) is 0 Å². The molecule has 0 aromatic heterocycles. The van der Waals surface area contributed by atoms with Crippen LogP contribution in [0, 0.1) is 5.82 Å². The van der Waals surface area contributed by atoms with Gasteiger partial charge in [0, 0.05) is 12.6 Å². The first-order chi connectivity index (χ1) is 11.1. The Morgan fingerprint density at radius 3 is 2.67 bits per heavy atom. The van der Waals surface area contributed by atoms with Gasteiger partial charge >= 0.3 is 6.61 Å². The molecule has 0 saturated heterocycles. The molecule has 4 nitrogen and oxygen atoms in total. The van der Waals surface area contributed by atoms with Gasteiger partial charge in [-0.3, -0.25) is 0 Å². The Morgan fingerprint density at radius 2 is 2.04 bits per heavy atom. The van der Waals surface area contributed by atoms with Crippen LogP contribution in [-0.4, -0.2) is 25.2 Å². The highest BCUT2D eigenvalue weighted by Crippen LogP contribution is 2.24. The van der Waals surface area contributed by atoms with Crippen molar-refractivity contribution < 1.29 is 17.9 Å². The van der Waals surface area contributed by atoms with Crippen molar-refractivity contribution in [2.45, 2.75) is 39.0 Å². The van der Waals surface area contributed by atoms with Crippen LogP contribution in [0.1, 0.15) is 25.3 Å². The molecule has 0 amide bonds. The van der Waals surface area contributed by atoms with Crippen LogP contribution in [0.2, 0.25) is 0 Å². The Balaban J connectivity index is 0.00000288. The predicted molar refractivity (Wildman–Crippen MR) is 98.6 cm³/mol. The van der Waals surface area contributed by atoms with Crippen LogP contribution >= 0.6 is 24.0 Å². The highest BCUT2D eigenvalue weighted by atomic mass is 127. The molecular weight excluding hydrogens is 434 g/mol. The summed E-state index contributed by atoms with van der Waals surface area (Å²) in [4.78, 5) is 4.28. The summed E-state index contributed by atoms with van der Waals surface area (Å²) in [5, 5.41) is 6.29. The number of alkyl halides is 2. The third-order valence-corrected chi connectivity index (χ3v) is 3.38. The number of nitrogens with one attached hydrogen (secondary N) is 2. The second-order valence-corrected chi connectivity index (χ2v) is 5.07. The van der Waals surface area contributed by atoms with E-state index >= 15 is 0 Å². The summed E-state index contributed by atoms with van der Waals surface area (Å²) in [5.41, 5.74) is 0.00884. The van der Waals surface area contributed by atoms with Gasteiger partial charge in [0.25, 0.3) is 0 Å². The minimum absolute atomic E-state index is 0. The lowest BCUT2D eigenvalue weighted by Crippen LogP contribution is -2.42. The molecule has 2 rings (SSSR count). The molecule has 134 valence electrons. The monoisotopic (exact) mass is 455 g/mol. The van der Waals surface area contributed by atoms with E-state index < -0.39 is 12.4 Å². The third kappa shape index (κ3) is 6.21. The van der Waals surface area contributed by atoms with Crippen LogP contribution in [0.4, 0.5) is 13.2 Å². The topological polar surface area (TPSA) is 45.7 Å². The van der Waals surface area contributed by atoms with E-state index in [4.69, 9.17) is 0 Å². The Morgan fingerprint density at radius 1 is 1.33 bits per heavy atom. The SMILES string of the molecule is CCNC(=NCc1c(F)cccc1OC(F)F)NC1CC=CC1.I. The maximum atomic E-state index is 13.9. The highest BCUT2D eigenvalue weighted by molar-refractivity contribution is 14.0. The van der Waals surface area contributed by atoms with E-state index in [-0.39, 0.29) is 47.9 Å². The van der Waals surface area contributed by atoms with Crippen molar-refractivity contribution in [1.82, 2.24) is 10.6 Å². The van der Waals surface area contributed by atoms with Gasteiger partial charge in [0.2, 0.25) is 0 Å². The number of rotatable bonds is 6. The molecule has 0 saturated carbocycles. The molecule has 24 heavy (non-hydrogen) atoms. The van der Waals surface area contributed by atoms with Crippen LogP contribution in [0.5, 0.6) is 5.75 Å². The van der Waals surface area contributed by atoms with Crippen molar-refractivity contribution in [2.75, 3.05) is 6.54 Å². The average molecular weight is 455 g/mol. The first-order valence-corrected chi connectivity index (χ1v) is 7.52. The smallest absolute Gasteiger partial charge is 0.387 e. The first-order valence-electron chi connectivity index (χ1n) is 7.52. The number of aliphatic imine (C=N–C) groups is 1. The molecule has 8 heteroatoms. The molecule has 1 aromatic rings. The second-order valence-electron chi connectivity index (χ2n) is 5.07. The summed E-state index contributed by atoms with van der Waals surface area (Å²) in [7, 11) is 0. The molecule has 0 bridgehead atoms. The number of halogens is 4. The summed E-state index contributed by atoms with van der Waals surface area (Å²) >= 11 is 0. The number of hydrogen-bond donors (Lipinski definition) is 2. The third-order valence-electron chi connectivity index (χ3n) is 3.38. The Labute approximate surface area is 156 Å². The van der Waals surface area contributed by atoms with Crippen LogP contribution in [0.15, 0.2) is 35.3 Å². The van der Waals surface area contributed by atoms with Crippen molar-refractivity contribution in [3.05, 3.63) is 41.7 Å². The molecule has 1 aliphatic rings. The van der Waals surface area contributed by atoms with Gasteiger partial charge in [-0.2, -0.15) is 8.78 Å². The van der Waals surface area contributed by atoms with Gasteiger partial charge in [-0.25, -0.2) is 9.38 Å². The van der Waals surface area contributed by atoms with Gasteiger partial charge < -0.3 is 15.4 Å². The van der Waals surface area contributed by atoms with E-state index in [0.717, 1.165) is 12.8 Å². The summed E-state index contributed by atoms with van der Waals surface area (Å²) in [5.74, 6) is -0.292. The molecule has 1 aliphatic carbocycles. The Bertz CT molecular complexity index is 574. The fraction of sp³-hybridized carbons (Fsp3) is 0.438.